The summed E-state index contributed by atoms with van der Waals surface area (Å²) >= 11 is 1.54. The van der Waals surface area contributed by atoms with Crippen LogP contribution in [0.4, 0.5) is 10.8 Å². The lowest BCUT2D eigenvalue weighted by Gasteiger charge is -2.20. The lowest BCUT2D eigenvalue weighted by atomic mass is 10.0. The maximum Gasteiger partial charge on any atom is 0.237 e. The number of thiazole rings is 1. The molecule has 33 heavy (non-hydrogen) atoms. The molecule has 0 spiro atoms. The normalized spacial score (nSPS) is 10.9. The van der Waals surface area contributed by atoms with Crippen LogP contribution in [0.3, 0.4) is 0 Å². The molecule has 5 aromatic rings. The Bertz CT molecular complexity index is 1340. The van der Waals surface area contributed by atoms with Crippen molar-refractivity contribution in [1.29, 1.82) is 0 Å². The highest BCUT2D eigenvalue weighted by Crippen LogP contribution is 2.34. The third-order valence-corrected chi connectivity index (χ3v) is 6.76. The van der Waals surface area contributed by atoms with Crippen LogP contribution in [0.15, 0.2) is 103 Å². The van der Waals surface area contributed by atoms with E-state index in [1.807, 2.05) is 66.7 Å². The first-order chi connectivity index (χ1) is 16.2. The summed E-state index contributed by atoms with van der Waals surface area (Å²) in [6.07, 6.45) is 1.27. The number of anilines is 2. The van der Waals surface area contributed by atoms with Gasteiger partial charge < -0.3 is 0 Å². The largest absolute Gasteiger partial charge is 0.274 e. The summed E-state index contributed by atoms with van der Waals surface area (Å²) in [5, 5.41) is 0.700. The second-order valence-corrected chi connectivity index (χ2v) is 8.96. The number of fused-ring (bicyclic) bond motifs is 1. The van der Waals surface area contributed by atoms with Crippen molar-refractivity contribution in [1.82, 2.24) is 4.98 Å². The van der Waals surface area contributed by atoms with E-state index in [0.29, 0.717) is 11.6 Å². The number of carbonyl (C=O) groups is 1. The van der Waals surface area contributed by atoms with Gasteiger partial charge in [-0.1, -0.05) is 97.1 Å². The second kappa shape index (κ2) is 9.39. The van der Waals surface area contributed by atoms with E-state index in [2.05, 4.69) is 43.3 Å². The lowest BCUT2D eigenvalue weighted by molar-refractivity contribution is -0.117. The fourth-order valence-electron chi connectivity index (χ4n) is 3.90. The molecule has 0 bridgehead atoms. The summed E-state index contributed by atoms with van der Waals surface area (Å²) in [5.41, 5.74) is 6.29. The topological polar surface area (TPSA) is 33.2 Å². The number of amides is 1. The van der Waals surface area contributed by atoms with Crippen molar-refractivity contribution in [2.24, 2.45) is 0 Å². The van der Waals surface area contributed by atoms with Gasteiger partial charge in [0.25, 0.3) is 0 Å². The Kier molecular flexibility index (Phi) is 6.01. The van der Waals surface area contributed by atoms with Crippen LogP contribution in [0.5, 0.6) is 0 Å². The van der Waals surface area contributed by atoms with Gasteiger partial charge in [0.2, 0.25) is 5.91 Å². The van der Waals surface area contributed by atoms with E-state index in [0.717, 1.165) is 33.5 Å². The van der Waals surface area contributed by atoms with E-state index >= 15 is 0 Å². The minimum Gasteiger partial charge on any atom is -0.274 e. The number of para-hydroxylation sites is 1. The molecule has 0 aliphatic carbocycles. The first kappa shape index (κ1) is 21.1. The van der Waals surface area contributed by atoms with Crippen molar-refractivity contribution in [2.45, 2.75) is 19.8 Å². The Balaban J connectivity index is 1.46. The molecule has 3 nitrogen and oxygen atoms in total. The Labute approximate surface area is 198 Å². The van der Waals surface area contributed by atoms with Crippen LogP contribution < -0.4 is 4.90 Å². The molecule has 0 saturated carbocycles. The molecule has 0 fully saturated rings. The fraction of sp³-hybridized carbons (Fsp3) is 0.103. The molecule has 5 rings (SSSR count). The zero-order valence-electron chi connectivity index (χ0n) is 18.4. The van der Waals surface area contributed by atoms with Gasteiger partial charge in [0.1, 0.15) is 0 Å². The number of rotatable bonds is 6. The molecule has 0 saturated heterocycles. The molecule has 0 aliphatic heterocycles. The number of hydrogen-bond acceptors (Lipinski definition) is 3. The van der Waals surface area contributed by atoms with Gasteiger partial charge in [0.05, 0.1) is 22.3 Å². The van der Waals surface area contributed by atoms with Gasteiger partial charge in [0, 0.05) is 0 Å². The molecule has 0 N–H and O–H groups in total. The van der Waals surface area contributed by atoms with E-state index < -0.39 is 0 Å². The first-order valence-corrected chi connectivity index (χ1v) is 11.9. The SMILES string of the molecule is CCc1ccc(N(C(=O)Cc2ccc(-c3ccccc3)cc2)c2nc3ccccc3s2)cc1. The Morgan fingerprint density at radius 1 is 0.758 bits per heavy atom. The van der Waals surface area contributed by atoms with Crippen LogP contribution >= 0.6 is 11.3 Å². The maximum atomic E-state index is 13.6. The fourth-order valence-corrected chi connectivity index (χ4v) is 4.90. The molecule has 4 aromatic carbocycles. The van der Waals surface area contributed by atoms with Crippen molar-refractivity contribution >= 4 is 38.3 Å². The molecule has 1 aromatic heterocycles. The number of benzene rings is 4. The van der Waals surface area contributed by atoms with Crippen molar-refractivity contribution < 1.29 is 4.79 Å². The van der Waals surface area contributed by atoms with Crippen LogP contribution in [0.25, 0.3) is 21.3 Å². The van der Waals surface area contributed by atoms with Gasteiger partial charge in [0.15, 0.2) is 5.13 Å². The van der Waals surface area contributed by atoms with E-state index in [4.69, 9.17) is 4.98 Å². The Morgan fingerprint density at radius 3 is 2.09 bits per heavy atom. The predicted molar refractivity (Wildman–Crippen MR) is 138 cm³/mol. The molecule has 1 heterocycles. The zero-order valence-corrected chi connectivity index (χ0v) is 19.3. The molecule has 4 heteroatoms. The van der Waals surface area contributed by atoms with Gasteiger partial charge in [-0.25, -0.2) is 4.98 Å². The van der Waals surface area contributed by atoms with Crippen LogP contribution in [0.2, 0.25) is 0 Å². The van der Waals surface area contributed by atoms with Gasteiger partial charge in [-0.3, -0.25) is 9.69 Å². The van der Waals surface area contributed by atoms with Crippen LogP contribution in [-0.4, -0.2) is 10.9 Å². The third-order valence-electron chi connectivity index (χ3n) is 5.74. The summed E-state index contributed by atoms with van der Waals surface area (Å²) in [5.74, 6) is 0.00534. The maximum absolute atomic E-state index is 13.6. The minimum atomic E-state index is 0.00534. The van der Waals surface area contributed by atoms with Gasteiger partial charge in [-0.05, 0) is 52.9 Å². The van der Waals surface area contributed by atoms with Gasteiger partial charge in [-0.2, -0.15) is 0 Å². The zero-order chi connectivity index (χ0) is 22.6. The lowest BCUT2D eigenvalue weighted by Crippen LogP contribution is -2.27. The average Bonchev–Trinajstić information content (AvgIpc) is 3.29. The Morgan fingerprint density at radius 2 is 1.39 bits per heavy atom. The molecule has 0 unspecified atom stereocenters. The monoisotopic (exact) mass is 448 g/mol. The van der Waals surface area contributed by atoms with Crippen LogP contribution in [0, 0.1) is 0 Å². The number of hydrogen-bond donors (Lipinski definition) is 0. The van der Waals surface area contributed by atoms with Crippen molar-refractivity contribution in [3.8, 4) is 11.1 Å². The summed E-state index contributed by atoms with van der Waals surface area (Å²) in [4.78, 5) is 20.1. The van der Waals surface area contributed by atoms with Gasteiger partial charge >= 0.3 is 0 Å². The van der Waals surface area contributed by atoms with E-state index in [1.165, 1.54) is 11.1 Å². The molecule has 0 radical (unpaired) electrons. The molecular formula is C29H24N2OS. The molecular weight excluding hydrogens is 424 g/mol. The number of aromatic nitrogens is 1. The molecule has 162 valence electrons. The quantitative estimate of drug-likeness (QED) is 0.270. The Hall–Kier alpha value is -3.76. The summed E-state index contributed by atoms with van der Waals surface area (Å²) < 4.78 is 1.07. The van der Waals surface area contributed by atoms with E-state index in [9.17, 15) is 4.79 Å². The number of aryl methyl sites for hydroxylation is 1. The van der Waals surface area contributed by atoms with Crippen molar-refractivity contribution in [2.75, 3.05) is 4.90 Å². The van der Waals surface area contributed by atoms with Crippen LogP contribution in [-0.2, 0) is 17.6 Å². The summed E-state index contributed by atoms with van der Waals surface area (Å²) in [6, 6.07) is 34.7. The molecule has 0 atom stereocenters. The highest BCUT2D eigenvalue weighted by molar-refractivity contribution is 7.22. The molecule has 0 aliphatic rings. The highest BCUT2D eigenvalue weighted by Gasteiger charge is 2.22. The third kappa shape index (κ3) is 4.57. The number of nitrogens with zero attached hydrogens (tertiary/aromatic N) is 2. The smallest absolute Gasteiger partial charge is 0.237 e. The first-order valence-electron chi connectivity index (χ1n) is 11.1. The summed E-state index contributed by atoms with van der Waals surface area (Å²) in [7, 11) is 0. The second-order valence-electron chi connectivity index (χ2n) is 7.95. The number of carbonyl (C=O) groups excluding carboxylic acids is 1. The predicted octanol–water partition coefficient (Wildman–Crippen LogP) is 7.43. The van der Waals surface area contributed by atoms with Gasteiger partial charge in [-0.15, -0.1) is 0 Å². The van der Waals surface area contributed by atoms with Crippen molar-refractivity contribution in [3.63, 3.8) is 0 Å². The van der Waals surface area contributed by atoms with Crippen molar-refractivity contribution in [3.05, 3.63) is 114 Å². The minimum absolute atomic E-state index is 0.00534. The van der Waals surface area contributed by atoms with E-state index in [1.54, 1.807) is 16.2 Å². The standard InChI is InChI=1S/C29H24N2OS/c1-2-21-14-18-25(19-15-21)31(29-30-26-10-6-7-11-27(26)33-29)28(32)20-22-12-16-24(17-13-22)23-8-4-3-5-9-23/h3-19H,2,20H2,1H3. The molecule has 1 amide bonds. The average molecular weight is 449 g/mol. The highest BCUT2D eigenvalue weighted by atomic mass is 32.1. The van der Waals surface area contributed by atoms with Crippen LogP contribution in [0.1, 0.15) is 18.1 Å². The summed E-state index contributed by atoms with van der Waals surface area (Å²) in [6.45, 7) is 2.13. The van der Waals surface area contributed by atoms with E-state index in [-0.39, 0.29) is 5.91 Å².